The number of Topliss-reactive ketones (excluding diaryl/α,β-unsaturated/α-hetero) is 1. The van der Waals surface area contributed by atoms with Crippen LogP contribution in [0.25, 0.3) is 0 Å². The number of nitrogens with zero attached hydrogens (tertiary/aromatic N) is 1. The summed E-state index contributed by atoms with van der Waals surface area (Å²) in [5.74, 6) is -2.84. The number of fused-ring (bicyclic) bond motifs is 1. The van der Waals surface area contributed by atoms with E-state index in [0.29, 0.717) is 19.3 Å². The predicted octanol–water partition coefficient (Wildman–Crippen LogP) is 4.78. The molecule has 1 N–H and O–H groups in total. The Hall–Kier alpha value is -3.09. The summed E-state index contributed by atoms with van der Waals surface area (Å²) in [6, 6.07) is 7.90. The number of nitrogens with one attached hydrogen (secondary N) is 1. The number of carbonyl (C=O) groups is 3. The van der Waals surface area contributed by atoms with E-state index < -0.39 is 29.8 Å². The van der Waals surface area contributed by atoms with Gasteiger partial charge < -0.3 is 10.2 Å². The molecule has 7 heteroatoms. The third-order valence-corrected chi connectivity index (χ3v) is 7.10. The van der Waals surface area contributed by atoms with Gasteiger partial charge in [0.2, 0.25) is 11.8 Å². The zero-order chi connectivity index (χ0) is 26.1. The molecule has 2 amide bonds. The van der Waals surface area contributed by atoms with Gasteiger partial charge in [-0.25, -0.2) is 8.78 Å². The van der Waals surface area contributed by atoms with E-state index in [1.54, 1.807) is 0 Å². The molecule has 0 unspecified atom stereocenters. The van der Waals surface area contributed by atoms with Crippen molar-refractivity contribution < 1.29 is 23.2 Å². The van der Waals surface area contributed by atoms with Crippen molar-refractivity contribution in [2.45, 2.75) is 71.5 Å². The number of rotatable bonds is 8. The van der Waals surface area contributed by atoms with Crippen molar-refractivity contribution in [2.24, 2.45) is 17.8 Å². The van der Waals surface area contributed by atoms with E-state index in [1.165, 1.54) is 4.90 Å². The van der Waals surface area contributed by atoms with Crippen LogP contribution in [0.1, 0.15) is 63.3 Å². The zero-order valence-corrected chi connectivity index (χ0v) is 21.3. The standard InChI is InChI=1S/C29H34F2N2O3/c1-16(2)9-24-28(35)32-26(20-11-18-7-5-6-8-19(18)12-20)29(36)33(24)27(25(34)10-17(3)4)21-13-22(30)15-23(31)14-21/h5-8,13-17,20,24,26-27H,9-12H2,1-4H3,(H,32,35)/t24-,26-,27-/m1/s1. The van der Waals surface area contributed by atoms with Crippen LogP contribution < -0.4 is 5.32 Å². The number of amides is 2. The lowest BCUT2D eigenvalue weighted by atomic mass is 9.86. The van der Waals surface area contributed by atoms with Crippen LogP contribution in [-0.4, -0.2) is 34.6 Å². The molecular formula is C29H34F2N2O3. The van der Waals surface area contributed by atoms with Gasteiger partial charge in [0, 0.05) is 12.5 Å². The van der Waals surface area contributed by atoms with Crippen LogP contribution in [0, 0.1) is 29.4 Å². The van der Waals surface area contributed by atoms with E-state index in [-0.39, 0.29) is 47.3 Å². The molecule has 2 aromatic carbocycles. The Morgan fingerprint density at radius 2 is 1.56 bits per heavy atom. The minimum atomic E-state index is -1.24. The maximum atomic E-state index is 14.3. The largest absolute Gasteiger partial charge is 0.342 e. The fourth-order valence-electron chi connectivity index (χ4n) is 5.62. The van der Waals surface area contributed by atoms with Gasteiger partial charge in [-0.3, -0.25) is 14.4 Å². The van der Waals surface area contributed by atoms with E-state index in [9.17, 15) is 23.2 Å². The Kier molecular flexibility index (Phi) is 7.57. The zero-order valence-electron chi connectivity index (χ0n) is 21.3. The number of halogens is 2. The molecule has 0 saturated carbocycles. The van der Waals surface area contributed by atoms with Crippen LogP contribution in [0.3, 0.4) is 0 Å². The van der Waals surface area contributed by atoms with Gasteiger partial charge in [-0.2, -0.15) is 0 Å². The Morgan fingerprint density at radius 1 is 0.972 bits per heavy atom. The third-order valence-electron chi connectivity index (χ3n) is 7.10. The topological polar surface area (TPSA) is 66.5 Å². The average Bonchev–Trinajstić information content (AvgIpc) is 3.21. The Balaban J connectivity index is 1.78. The van der Waals surface area contributed by atoms with Crippen molar-refractivity contribution in [3.05, 3.63) is 70.8 Å². The van der Waals surface area contributed by atoms with Gasteiger partial charge in [-0.05, 0) is 65.8 Å². The van der Waals surface area contributed by atoms with Crippen molar-refractivity contribution in [3.63, 3.8) is 0 Å². The van der Waals surface area contributed by atoms with Crippen molar-refractivity contribution >= 4 is 17.6 Å². The first-order chi connectivity index (χ1) is 17.0. The lowest BCUT2D eigenvalue weighted by Crippen LogP contribution is -2.66. The second-order valence-corrected chi connectivity index (χ2v) is 11.0. The smallest absolute Gasteiger partial charge is 0.247 e. The highest BCUT2D eigenvalue weighted by Crippen LogP contribution is 2.36. The normalized spacial score (nSPS) is 21.2. The first kappa shape index (κ1) is 26.0. The minimum Gasteiger partial charge on any atom is -0.342 e. The highest BCUT2D eigenvalue weighted by Gasteiger charge is 2.49. The maximum Gasteiger partial charge on any atom is 0.247 e. The van der Waals surface area contributed by atoms with Gasteiger partial charge in [0.1, 0.15) is 29.8 Å². The SMILES string of the molecule is CC(C)CC(=O)[C@@H](c1cc(F)cc(F)c1)N1C(=O)[C@@H](C2Cc3ccccc3C2)NC(=O)[C@H]1CC(C)C. The van der Waals surface area contributed by atoms with E-state index >= 15 is 0 Å². The molecule has 3 atom stereocenters. The summed E-state index contributed by atoms with van der Waals surface area (Å²) in [6.45, 7) is 7.61. The number of ketones is 1. The van der Waals surface area contributed by atoms with Gasteiger partial charge in [-0.15, -0.1) is 0 Å². The number of benzene rings is 2. The van der Waals surface area contributed by atoms with Crippen molar-refractivity contribution in [1.29, 1.82) is 0 Å². The molecule has 1 saturated heterocycles. The highest BCUT2D eigenvalue weighted by molar-refractivity contribution is 6.00. The van der Waals surface area contributed by atoms with Crippen LogP contribution in [0.4, 0.5) is 8.78 Å². The predicted molar refractivity (Wildman–Crippen MR) is 133 cm³/mol. The first-order valence-electron chi connectivity index (χ1n) is 12.7. The molecule has 1 aliphatic carbocycles. The molecule has 5 nitrogen and oxygen atoms in total. The maximum absolute atomic E-state index is 14.3. The number of hydrogen-bond donors (Lipinski definition) is 1. The molecule has 2 aliphatic rings. The number of carbonyl (C=O) groups excluding carboxylic acids is 3. The Bertz CT molecular complexity index is 1120. The van der Waals surface area contributed by atoms with Crippen molar-refractivity contribution in [3.8, 4) is 0 Å². The van der Waals surface area contributed by atoms with Crippen LogP contribution in [0.5, 0.6) is 0 Å². The summed E-state index contributed by atoms with van der Waals surface area (Å²) in [5.41, 5.74) is 2.34. The molecule has 1 aliphatic heterocycles. The molecular weight excluding hydrogens is 462 g/mol. The summed E-state index contributed by atoms with van der Waals surface area (Å²) in [7, 11) is 0. The summed E-state index contributed by atoms with van der Waals surface area (Å²) in [6.07, 6.45) is 1.71. The number of hydrogen-bond acceptors (Lipinski definition) is 3. The van der Waals surface area contributed by atoms with E-state index in [0.717, 1.165) is 29.3 Å². The van der Waals surface area contributed by atoms with Crippen LogP contribution in [-0.2, 0) is 27.2 Å². The quantitative estimate of drug-likeness (QED) is 0.572. The molecule has 1 heterocycles. The molecule has 36 heavy (non-hydrogen) atoms. The summed E-state index contributed by atoms with van der Waals surface area (Å²) >= 11 is 0. The summed E-state index contributed by atoms with van der Waals surface area (Å²) in [5, 5.41) is 2.95. The lowest BCUT2D eigenvalue weighted by Gasteiger charge is -2.45. The van der Waals surface area contributed by atoms with Crippen LogP contribution >= 0.6 is 0 Å². The van der Waals surface area contributed by atoms with Crippen molar-refractivity contribution in [2.75, 3.05) is 0 Å². The fourth-order valence-corrected chi connectivity index (χ4v) is 5.62. The Morgan fingerprint density at radius 3 is 2.08 bits per heavy atom. The molecule has 4 rings (SSSR count). The number of piperazine rings is 1. The van der Waals surface area contributed by atoms with Gasteiger partial charge in [0.15, 0.2) is 5.78 Å². The minimum absolute atomic E-state index is 0.0317. The van der Waals surface area contributed by atoms with E-state index in [4.69, 9.17) is 0 Å². The Labute approximate surface area is 211 Å². The molecule has 2 aromatic rings. The highest BCUT2D eigenvalue weighted by atomic mass is 19.1. The molecule has 0 spiro atoms. The monoisotopic (exact) mass is 496 g/mol. The third kappa shape index (κ3) is 5.35. The van der Waals surface area contributed by atoms with E-state index in [1.807, 2.05) is 52.0 Å². The second kappa shape index (κ2) is 10.5. The van der Waals surface area contributed by atoms with Gasteiger partial charge in [-0.1, -0.05) is 52.0 Å². The first-order valence-corrected chi connectivity index (χ1v) is 12.7. The van der Waals surface area contributed by atoms with Gasteiger partial charge in [0.05, 0.1) is 0 Å². The second-order valence-electron chi connectivity index (χ2n) is 11.0. The summed E-state index contributed by atoms with van der Waals surface area (Å²) < 4.78 is 28.6. The molecule has 192 valence electrons. The molecule has 0 bridgehead atoms. The molecule has 0 radical (unpaired) electrons. The summed E-state index contributed by atoms with van der Waals surface area (Å²) in [4.78, 5) is 42.6. The molecule has 0 aromatic heterocycles. The van der Waals surface area contributed by atoms with Crippen LogP contribution in [0.15, 0.2) is 42.5 Å². The van der Waals surface area contributed by atoms with Gasteiger partial charge >= 0.3 is 0 Å². The fraction of sp³-hybridized carbons (Fsp3) is 0.483. The molecule has 1 fully saturated rings. The average molecular weight is 497 g/mol. The van der Waals surface area contributed by atoms with Gasteiger partial charge in [0.25, 0.3) is 0 Å². The van der Waals surface area contributed by atoms with E-state index in [2.05, 4.69) is 5.32 Å². The van der Waals surface area contributed by atoms with Crippen molar-refractivity contribution in [1.82, 2.24) is 10.2 Å². The van der Waals surface area contributed by atoms with Crippen LogP contribution in [0.2, 0.25) is 0 Å². The lowest BCUT2D eigenvalue weighted by molar-refractivity contribution is -0.157.